The fraction of sp³-hybridized carbons (Fsp3) is 0.533. The van der Waals surface area contributed by atoms with Crippen LogP contribution in [-0.4, -0.2) is 25.2 Å². The SMILES string of the molecule is COc1cc(OC)c2nc(NC3CCCCC3)sc2c1. The summed E-state index contributed by atoms with van der Waals surface area (Å²) >= 11 is 1.67. The molecule has 1 N–H and O–H groups in total. The van der Waals surface area contributed by atoms with Gasteiger partial charge in [-0.2, -0.15) is 0 Å². The van der Waals surface area contributed by atoms with Crippen molar-refractivity contribution in [3.8, 4) is 11.5 Å². The number of hydrogen-bond acceptors (Lipinski definition) is 5. The van der Waals surface area contributed by atoms with Gasteiger partial charge in [0.1, 0.15) is 17.0 Å². The van der Waals surface area contributed by atoms with Crippen molar-refractivity contribution in [1.29, 1.82) is 0 Å². The van der Waals surface area contributed by atoms with Gasteiger partial charge in [0.25, 0.3) is 0 Å². The fourth-order valence-corrected chi connectivity index (χ4v) is 3.72. The van der Waals surface area contributed by atoms with Crippen molar-refractivity contribution in [3.63, 3.8) is 0 Å². The molecule has 1 heterocycles. The molecule has 108 valence electrons. The normalized spacial score (nSPS) is 16.3. The summed E-state index contributed by atoms with van der Waals surface area (Å²) in [6.07, 6.45) is 6.50. The number of thiazole rings is 1. The third-order valence-electron chi connectivity index (χ3n) is 3.82. The van der Waals surface area contributed by atoms with Gasteiger partial charge in [0.05, 0.1) is 18.9 Å². The van der Waals surface area contributed by atoms with Gasteiger partial charge in [-0.15, -0.1) is 0 Å². The Morgan fingerprint density at radius 1 is 1.15 bits per heavy atom. The van der Waals surface area contributed by atoms with E-state index in [9.17, 15) is 0 Å². The third kappa shape index (κ3) is 2.68. The molecule has 0 radical (unpaired) electrons. The minimum absolute atomic E-state index is 0.567. The van der Waals surface area contributed by atoms with Crippen molar-refractivity contribution >= 4 is 26.7 Å². The molecule has 0 aliphatic heterocycles. The summed E-state index contributed by atoms with van der Waals surface area (Å²) in [7, 11) is 3.34. The zero-order chi connectivity index (χ0) is 13.9. The quantitative estimate of drug-likeness (QED) is 0.923. The standard InChI is InChI=1S/C15H20N2O2S/c1-18-11-8-12(19-2)14-13(9-11)20-15(17-14)16-10-6-4-3-5-7-10/h8-10H,3-7H2,1-2H3,(H,16,17). The molecule has 0 amide bonds. The molecular formula is C15H20N2O2S. The van der Waals surface area contributed by atoms with Crippen molar-refractivity contribution in [1.82, 2.24) is 4.98 Å². The summed E-state index contributed by atoms with van der Waals surface area (Å²) in [6, 6.07) is 4.46. The summed E-state index contributed by atoms with van der Waals surface area (Å²) in [4.78, 5) is 4.68. The second-order valence-corrected chi connectivity index (χ2v) is 6.21. The molecule has 2 aromatic rings. The van der Waals surface area contributed by atoms with E-state index in [-0.39, 0.29) is 0 Å². The molecule has 3 rings (SSSR count). The first-order valence-corrected chi connectivity index (χ1v) is 7.91. The van der Waals surface area contributed by atoms with Gasteiger partial charge < -0.3 is 14.8 Å². The average molecular weight is 292 g/mol. The van der Waals surface area contributed by atoms with Gasteiger partial charge in [-0.3, -0.25) is 0 Å². The van der Waals surface area contributed by atoms with Gasteiger partial charge in [0.2, 0.25) is 0 Å². The average Bonchev–Trinajstić information content (AvgIpc) is 2.89. The van der Waals surface area contributed by atoms with Crippen LogP contribution in [0.2, 0.25) is 0 Å². The highest BCUT2D eigenvalue weighted by Crippen LogP contribution is 2.37. The van der Waals surface area contributed by atoms with E-state index in [4.69, 9.17) is 9.47 Å². The van der Waals surface area contributed by atoms with E-state index in [1.165, 1.54) is 32.1 Å². The lowest BCUT2D eigenvalue weighted by molar-refractivity contribution is 0.397. The minimum atomic E-state index is 0.567. The number of anilines is 1. The molecule has 0 spiro atoms. The topological polar surface area (TPSA) is 43.4 Å². The lowest BCUT2D eigenvalue weighted by Gasteiger charge is -2.22. The Kier molecular flexibility index (Phi) is 3.96. The number of rotatable bonds is 4. The number of nitrogens with zero attached hydrogens (tertiary/aromatic N) is 1. The Morgan fingerprint density at radius 2 is 1.95 bits per heavy atom. The first kappa shape index (κ1) is 13.5. The van der Waals surface area contributed by atoms with Crippen LogP contribution in [0.3, 0.4) is 0 Å². The summed E-state index contributed by atoms with van der Waals surface area (Å²) in [6.45, 7) is 0. The molecule has 1 saturated carbocycles. The highest BCUT2D eigenvalue weighted by molar-refractivity contribution is 7.22. The third-order valence-corrected chi connectivity index (χ3v) is 4.76. The van der Waals surface area contributed by atoms with E-state index >= 15 is 0 Å². The molecule has 1 aliphatic rings. The van der Waals surface area contributed by atoms with Crippen molar-refractivity contribution in [2.45, 2.75) is 38.1 Å². The number of hydrogen-bond donors (Lipinski definition) is 1. The molecule has 0 saturated heterocycles. The summed E-state index contributed by atoms with van der Waals surface area (Å²) in [5.41, 5.74) is 0.914. The molecule has 1 aliphatic carbocycles. The van der Waals surface area contributed by atoms with Gasteiger partial charge in [0, 0.05) is 12.1 Å². The second-order valence-electron chi connectivity index (χ2n) is 5.17. The molecule has 0 bridgehead atoms. The number of aromatic nitrogens is 1. The first-order valence-electron chi connectivity index (χ1n) is 7.09. The summed E-state index contributed by atoms with van der Waals surface area (Å²) < 4.78 is 11.8. The first-order chi connectivity index (χ1) is 9.80. The molecule has 0 atom stereocenters. The van der Waals surface area contributed by atoms with Gasteiger partial charge >= 0.3 is 0 Å². The van der Waals surface area contributed by atoms with E-state index in [0.29, 0.717) is 6.04 Å². The van der Waals surface area contributed by atoms with Crippen molar-refractivity contribution in [2.24, 2.45) is 0 Å². The molecule has 1 aromatic heterocycles. The van der Waals surface area contributed by atoms with Gasteiger partial charge in [-0.1, -0.05) is 30.6 Å². The van der Waals surface area contributed by atoms with Gasteiger partial charge in [0.15, 0.2) is 5.13 Å². The Bertz CT molecular complexity index is 591. The number of benzene rings is 1. The second kappa shape index (κ2) is 5.87. The lowest BCUT2D eigenvalue weighted by atomic mass is 9.96. The van der Waals surface area contributed by atoms with Gasteiger partial charge in [-0.25, -0.2) is 4.98 Å². The molecular weight excluding hydrogens is 272 g/mol. The van der Waals surface area contributed by atoms with E-state index in [1.807, 2.05) is 12.1 Å². The predicted octanol–water partition coefficient (Wildman–Crippen LogP) is 4.06. The van der Waals surface area contributed by atoms with Crippen LogP contribution >= 0.6 is 11.3 Å². The number of nitrogens with one attached hydrogen (secondary N) is 1. The van der Waals surface area contributed by atoms with Crippen LogP contribution in [0.5, 0.6) is 11.5 Å². The minimum Gasteiger partial charge on any atom is -0.497 e. The Hall–Kier alpha value is -1.49. The van der Waals surface area contributed by atoms with Crippen LogP contribution in [0.4, 0.5) is 5.13 Å². The maximum absolute atomic E-state index is 5.41. The van der Waals surface area contributed by atoms with Crippen LogP contribution < -0.4 is 14.8 Å². The smallest absolute Gasteiger partial charge is 0.184 e. The zero-order valence-corrected chi connectivity index (χ0v) is 12.8. The molecule has 1 fully saturated rings. The molecule has 0 unspecified atom stereocenters. The maximum Gasteiger partial charge on any atom is 0.184 e. The van der Waals surface area contributed by atoms with E-state index < -0.39 is 0 Å². The molecule has 5 heteroatoms. The van der Waals surface area contributed by atoms with Gasteiger partial charge in [-0.05, 0) is 18.9 Å². The van der Waals surface area contributed by atoms with Crippen LogP contribution in [0.25, 0.3) is 10.2 Å². The van der Waals surface area contributed by atoms with Crippen LogP contribution in [0.15, 0.2) is 12.1 Å². The molecule has 20 heavy (non-hydrogen) atoms. The Balaban J connectivity index is 1.89. The molecule has 1 aromatic carbocycles. The zero-order valence-electron chi connectivity index (χ0n) is 11.9. The number of ether oxygens (including phenoxy) is 2. The van der Waals surface area contributed by atoms with Crippen molar-refractivity contribution in [2.75, 3.05) is 19.5 Å². The van der Waals surface area contributed by atoms with Crippen molar-refractivity contribution < 1.29 is 9.47 Å². The van der Waals surface area contributed by atoms with E-state index in [1.54, 1.807) is 25.6 Å². The monoisotopic (exact) mass is 292 g/mol. The number of fused-ring (bicyclic) bond motifs is 1. The van der Waals surface area contributed by atoms with Crippen LogP contribution in [0, 0.1) is 0 Å². The lowest BCUT2D eigenvalue weighted by Crippen LogP contribution is -2.21. The highest BCUT2D eigenvalue weighted by atomic mass is 32.1. The Morgan fingerprint density at radius 3 is 2.65 bits per heavy atom. The summed E-state index contributed by atoms with van der Waals surface area (Å²) in [5.74, 6) is 1.58. The fourth-order valence-electron chi connectivity index (χ4n) is 2.73. The largest absolute Gasteiger partial charge is 0.497 e. The maximum atomic E-state index is 5.41. The Labute approximate surface area is 123 Å². The molecule has 4 nitrogen and oxygen atoms in total. The van der Waals surface area contributed by atoms with Crippen molar-refractivity contribution in [3.05, 3.63) is 12.1 Å². The predicted molar refractivity (Wildman–Crippen MR) is 83.2 cm³/mol. The van der Waals surface area contributed by atoms with Crippen LogP contribution in [-0.2, 0) is 0 Å². The van der Waals surface area contributed by atoms with E-state index in [0.717, 1.165) is 26.8 Å². The number of methoxy groups -OCH3 is 2. The van der Waals surface area contributed by atoms with E-state index in [2.05, 4.69) is 10.3 Å². The summed E-state index contributed by atoms with van der Waals surface area (Å²) in [5, 5.41) is 4.55. The van der Waals surface area contributed by atoms with Crippen LogP contribution in [0.1, 0.15) is 32.1 Å². The highest BCUT2D eigenvalue weighted by Gasteiger charge is 2.16.